The van der Waals surface area contributed by atoms with E-state index >= 15 is 0 Å². The largest absolute Gasteiger partial charge is 0.466 e. The van der Waals surface area contributed by atoms with Crippen LogP contribution in [0, 0.1) is 0 Å². The minimum Gasteiger partial charge on any atom is -0.466 e. The van der Waals surface area contributed by atoms with Crippen LogP contribution >= 0.6 is 0 Å². The van der Waals surface area contributed by atoms with Gasteiger partial charge in [0.05, 0.1) is 25.4 Å². The fraction of sp³-hybridized carbons (Fsp3) is 0.917. The van der Waals surface area contributed by atoms with Gasteiger partial charge in [-0.25, -0.2) is 0 Å². The summed E-state index contributed by atoms with van der Waals surface area (Å²) in [6, 6.07) is -0.536. The van der Waals surface area contributed by atoms with Gasteiger partial charge in [0.1, 0.15) is 0 Å². The number of carbonyl (C=O) groups excluding carboxylic acids is 2. The molecule has 0 aliphatic heterocycles. The summed E-state index contributed by atoms with van der Waals surface area (Å²) < 4.78 is 5.49. The van der Waals surface area contributed by atoms with E-state index in [1.807, 2.05) is 0 Å². The average molecular weight is 1100 g/mol. The zero-order chi connectivity index (χ0) is 56.4. The summed E-state index contributed by atoms with van der Waals surface area (Å²) >= 11 is 0. The van der Waals surface area contributed by atoms with Crippen LogP contribution in [0.5, 0.6) is 0 Å². The summed E-state index contributed by atoms with van der Waals surface area (Å²) in [6.45, 7) is 4.95. The second-order valence-electron chi connectivity index (χ2n) is 24.6. The van der Waals surface area contributed by atoms with Gasteiger partial charge in [0.25, 0.3) is 0 Å². The summed E-state index contributed by atoms with van der Waals surface area (Å²) in [5, 5.41) is 23.1. The number of unbranched alkanes of at least 4 members (excludes halogenated alkanes) is 52. The minimum atomic E-state index is -0.658. The lowest BCUT2D eigenvalue weighted by Crippen LogP contribution is -2.45. The van der Waals surface area contributed by atoms with E-state index in [1.165, 1.54) is 321 Å². The third-order valence-electron chi connectivity index (χ3n) is 16.7. The molecule has 0 bridgehead atoms. The number of esters is 1. The Hall–Kier alpha value is -1.66. The zero-order valence-corrected chi connectivity index (χ0v) is 52.9. The van der Waals surface area contributed by atoms with E-state index in [-0.39, 0.29) is 18.5 Å². The molecule has 3 N–H and O–H groups in total. The molecule has 0 fully saturated rings. The minimum absolute atomic E-state index is 0.0139. The standard InChI is InChI=1S/C72H139NO5/c1-3-5-7-9-11-13-14-15-39-43-46-50-54-58-62-66-72(77)78-67-63-59-55-51-47-44-41-38-36-34-32-30-28-26-24-22-20-18-16-17-19-21-23-25-27-29-31-33-35-37-40-42-45-49-53-57-61-65-71(76)73-69(68-74)70(75)64-60-56-52-48-12-10-8-6-4-2/h15-16,18,39,69-70,74-75H,3-14,17,19-38,40-68H2,1-2H3,(H,73,76)/b18-16-,39-15-. The van der Waals surface area contributed by atoms with Crippen LogP contribution in [-0.4, -0.2) is 47.4 Å². The van der Waals surface area contributed by atoms with E-state index in [4.69, 9.17) is 4.74 Å². The van der Waals surface area contributed by atoms with Crippen molar-refractivity contribution >= 4 is 11.9 Å². The van der Waals surface area contributed by atoms with Crippen molar-refractivity contribution in [3.05, 3.63) is 24.3 Å². The van der Waals surface area contributed by atoms with Crippen LogP contribution in [0.4, 0.5) is 0 Å². The summed E-state index contributed by atoms with van der Waals surface area (Å²) in [6.07, 6.45) is 85.5. The average Bonchev–Trinajstić information content (AvgIpc) is 3.44. The van der Waals surface area contributed by atoms with Crippen LogP contribution in [-0.2, 0) is 14.3 Å². The van der Waals surface area contributed by atoms with Gasteiger partial charge in [0, 0.05) is 12.8 Å². The first kappa shape index (κ1) is 76.3. The predicted molar refractivity (Wildman–Crippen MR) is 343 cm³/mol. The number of aliphatic hydroxyl groups excluding tert-OH is 2. The Morgan fingerprint density at radius 3 is 0.910 bits per heavy atom. The van der Waals surface area contributed by atoms with E-state index in [1.54, 1.807) is 0 Å². The summed E-state index contributed by atoms with van der Waals surface area (Å²) in [4.78, 5) is 24.5. The third kappa shape index (κ3) is 63.5. The molecule has 0 aliphatic rings. The van der Waals surface area contributed by atoms with E-state index in [0.717, 1.165) is 44.9 Å². The number of hydrogen-bond donors (Lipinski definition) is 3. The molecule has 1 amide bonds. The topological polar surface area (TPSA) is 95.9 Å². The lowest BCUT2D eigenvalue weighted by molar-refractivity contribution is -0.143. The van der Waals surface area contributed by atoms with Crippen molar-refractivity contribution in [1.29, 1.82) is 0 Å². The number of rotatable bonds is 67. The Balaban J connectivity index is 3.29. The number of allylic oxidation sites excluding steroid dienone is 4. The molecular formula is C72H139NO5. The molecule has 0 rings (SSSR count). The fourth-order valence-corrected chi connectivity index (χ4v) is 11.3. The third-order valence-corrected chi connectivity index (χ3v) is 16.7. The van der Waals surface area contributed by atoms with Crippen molar-refractivity contribution < 1.29 is 24.5 Å². The number of hydrogen-bond acceptors (Lipinski definition) is 5. The van der Waals surface area contributed by atoms with Gasteiger partial charge in [-0.3, -0.25) is 9.59 Å². The van der Waals surface area contributed by atoms with Gasteiger partial charge in [-0.05, 0) is 77.0 Å². The smallest absolute Gasteiger partial charge is 0.305 e. The number of nitrogens with one attached hydrogen (secondary N) is 1. The van der Waals surface area contributed by atoms with Gasteiger partial charge in [-0.2, -0.15) is 0 Å². The maximum absolute atomic E-state index is 12.4. The Bertz CT molecular complexity index is 1220. The lowest BCUT2D eigenvalue weighted by Gasteiger charge is -2.22. The van der Waals surface area contributed by atoms with Crippen LogP contribution in [0.2, 0.25) is 0 Å². The maximum atomic E-state index is 12.4. The highest BCUT2D eigenvalue weighted by Crippen LogP contribution is 2.19. The van der Waals surface area contributed by atoms with Gasteiger partial charge in [0.2, 0.25) is 5.91 Å². The quantitative estimate of drug-likeness (QED) is 0.0320. The van der Waals surface area contributed by atoms with Gasteiger partial charge >= 0.3 is 5.97 Å². The molecule has 0 aliphatic carbocycles. The molecule has 0 aromatic rings. The van der Waals surface area contributed by atoms with Crippen LogP contribution in [0.25, 0.3) is 0 Å². The fourth-order valence-electron chi connectivity index (χ4n) is 11.3. The van der Waals surface area contributed by atoms with E-state index in [0.29, 0.717) is 25.9 Å². The van der Waals surface area contributed by atoms with Gasteiger partial charge < -0.3 is 20.3 Å². The Morgan fingerprint density at radius 2 is 0.603 bits per heavy atom. The van der Waals surface area contributed by atoms with Crippen molar-refractivity contribution in [3.63, 3.8) is 0 Å². The van der Waals surface area contributed by atoms with E-state index < -0.39 is 12.1 Å². The number of amides is 1. The van der Waals surface area contributed by atoms with E-state index in [2.05, 4.69) is 43.5 Å². The van der Waals surface area contributed by atoms with Crippen LogP contribution in [0.3, 0.4) is 0 Å². The summed E-state index contributed by atoms with van der Waals surface area (Å²) in [5.41, 5.74) is 0. The zero-order valence-electron chi connectivity index (χ0n) is 52.9. The lowest BCUT2D eigenvalue weighted by atomic mass is 10.0. The maximum Gasteiger partial charge on any atom is 0.305 e. The van der Waals surface area contributed by atoms with Crippen molar-refractivity contribution in [2.75, 3.05) is 13.2 Å². The monoisotopic (exact) mass is 1100 g/mol. The number of ether oxygens (including phenoxy) is 1. The SMILES string of the molecule is CCCCCCCC/C=C\CCCCCCCC(=O)OCCCCCCCCCCCCCCCCCC/C=C\CCCCCCCCCCCCCCCCCCCC(=O)NC(CO)C(O)CCCCCCCCCCC. The summed E-state index contributed by atoms with van der Waals surface area (Å²) in [5.74, 6) is -0.0177. The Labute approximate surface area is 488 Å². The second kappa shape index (κ2) is 67.8. The Morgan fingerprint density at radius 1 is 0.346 bits per heavy atom. The number of carbonyl (C=O) groups is 2. The first-order valence-electron chi connectivity index (χ1n) is 35.6. The van der Waals surface area contributed by atoms with Crippen LogP contribution < -0.4 is 5.32 Å². The van der Waals surface area contributed by atoms with Gasteiger partial charge in [-0.15, -0.1) is 0 Å². The molecular weight excluding hydrogens is 959 g/mol. The molecule has 0 aromatic heterocycles. The molecule has 78 heavy (non-hydrogen) atoms. The second-order valence-corrected chi connectivity index (χ2v) is 24.6. The normalized spacial score (nSPS) is 12.6. The van der Waals surface area contributed by atoms with Crippen molar-refractivity contribution in [1.82, 2.24) is 5.32 Å². The van der Waals surface area contributed by atoms with Crippen molar-refractivity contribution in [2.24, 2.45) is 0 Å². The molecule has 0 saturated heterocycles. The van der Waals surface area contributed by atoms with Gasteiger partial charge in [0.15, 0.2) is 0 Å². The predicted octanol–water partition coefficient (Wildman–Crippen LogP) is 22.9. The van der Waals surface area contributed by atoms with Crippen molar-refractivity contribution in [3.8, 4) is 0 Å². The van der Waals surface area contributed by atoms with Crippen LogP contribution in [0.15, 0.2) is 24.3 Å². The molecule has 2 unspecified atom stereocenters. The highest BCUT2D eigenvalue weighted by molar-refractivity contribution is 5.76. The molecule has 462 valence electrons. The molecule has 0 heterocycles. The Kier molecular flexibility index (Phi) is 66.4. The molecule has 0 aromatic carbocycles. The molecule has 0 spiro atoms. The first-order chi connectivity index (χ1) is 38.5. The summed E-state index contributed by atoms with van der Waals surface area (Å²) in [7, 11) is 0. The van der Waals surface area contributed by atoms with Crippen molar-refractivity contribution in [2.45, 2.75) is 411 Å². The molecule has 0 radical (unpaired) electrons. The van der Waals surface area contributed by atoms with Crippen LogP contribution in [0.1, 0.15) is 399 Å². The first-order valence-corrected chi connectivity index (χ1v) is 35.6. The highest BCUT2D eigenvalue weighted by Gasteiger charge is 2.20. The molecule has 0 saturated carbocycles. The highest BCUT2D eigenvalue weighted by atomic mass is 16.5. The van der Waals surface area contributed by atoms with E-state index in [9.17, 15) is 19.8 Å². The molecule has 2 atom stereocenters. The molecule has 6 heteroatoms. The molecule has 6 nitrogen and oxygen atoms in total. The number of aliphatic hydroxyl groups is 2. The van der Waals surface area contributed by atoms with Gasteiger partial charge in [-0.1, -0.05) is 334 Å².